The Bertz CT molecular complexity index is 146. The lowest BCUT2D eigenvalue weighted by Crippen LogP contribution is -2.54. The molecule has 0 saturated carbocycles. The van der Waals surface area contributed by atoms with E-state index in [4.69, 9.17) is 4.74 Å². The van der Waals surface area contributed by atoms with E-state index < -0.39 is 0 Å². The highest BCUT2D eigenvalue weighted by molar-refractivity contribution is 4.87. The van der Waals surface area contributed by atoms with Crippen LogP contribution in [0.15, 0.2) is 0 Å². The fraction of sp³-hybridized carbons (Fsp3) is 1.00. The standard InChI is InChI=1S/C10H21NO/c1-8(2)10(4)7-11(5)6-9(3)12-10/h8-9H,6-7H2,1-5H3. The van der Waals surface area contributed by atoms with E-state index in [0.29, 0.717) is 12.0 Å². The van der Waals surface area contributed by atoms with E-state index in [1.54, 1.807) is 0 Å². The minimum absolute atomic E-state index is 0.0480. The van der Waals surface area contributed by atoms with Gasteiger partial charge in [0.15, 0.2) is 0 Å². The smallest absolute Gasteiger partial charge is 0.0807 e. The van der Waals surface area contributed by atoms with Crippen molar-refractivity contribution in [2.45, 2.75) is 39.4 Å². The molecule has 1 rings (SSSR count). The molecule has 2 heteroatoms. The molecule has 0 spiro atoms. The van der Waals surface area contributed by atoms with Gasteiger partial charge in [0.05, 0.1) is 11.7 Å². The second-order valence-corrected chi connectivity index (χ2v) is 4.59. The van der Waals surface area contributed by atoms with Crippen LogP contribution in [0.25, 0.3) is 0 Å². The molecular formula is C10H21NO. The van der Waals surface area contributed by atoms with Crippen molar-refractivity contribution in [3.63, 3.8) is 0 Å². The second kappa shape index (κ2) is 3.35. The zero-order chi connectivity index (χ0) is 9.35. The quantitative estimate of drug-likeness (QED) is 0.596. The molecule has 2 nitrogen and oxygen atoms in total. The largest absolute Gasteiger partial charge is 0.369 e. The van der Waals surface area contributed by atoms with Crippen LogP contribution in [0.3, 0.4) is 0 Å². The molecular weight excluding hydrogens is 150 g/mol. The average molecular weight is 171 g/mol. The number of ether oxygens (including phenoxy) is 1. The maximum atomic E-state index is 5.96. The molecule has 1 aliphatic heterocycles. The summed E-state index contributed by atoms with van der Waals surface area (Å²) in [6, 6.07) is 0. The lowest BCUT2D eigenvalue weighted by atomic mass is 9.90. The van der Waals surface area contributed by atoms with Gasteiger partial charge in [-0.05, 0) is 26.8 Å². The number of nitrogens with zero attached hydrogens (tertiary/aromatic N) is 1. The van der Waals surface area contributed by atoms with Gasteiger partial charge in [-0.3, -0.25) is 0 Å². The van der Waals surface area contributed by atoms with Crippen LogP contribution in [0.5, 0.6) is 0 Å². The van der Waals surface area contributed by atoms with Gasteiger partial charge < -0.3 is 9.64 Å². The van der Waals surface area contributed by atoms with Crippen LogP contribution in [-0.4, -0.2) is 36.7 Å². The first kappa shape index (κ1) is 10.0. The van der Waals surface area contributed by atoms with Gasteiger partial charge in [0.25, 0.3) is 0 Å². The lowest BCUT2D eigenvalue weighted by Gasteiger charge is -2.44. The predicted octanol–water partition coefficient (Wildman–Crippen LogP) is 1.75. The molecule has 0 aromatic carbocycles. The van der Waals surface area contributed by atoms with E-state index in [-0.39, 0.29) is 5.60 Å². The summed E-state index contributed by atoms with van der Waals surface area (Å²) in [7, 11) is 2.17. The minimum atomic E-state index is 0.0480. The maximum Gasteiger partial charge on any atom is 0.0807 e. The zero-order valence-corrected chi connectivity index (χ0v) is 8.92. The topological polar surface area (TPSA) is 12.5 Å². The average Bonchev–Trinajstić information content (AvgIpc) is 1.82. The molecule has 0 aromatic rings. The molecule has 72 valence electrons. The Morgan fingerprint density at radius 1 is 1.50 bits per heavy atom. The molecule has 0 N–H and O–H groups in total. The molecule has 0 bridgehead atoms. The predicted molar refractivity (Wildman–Crippen MR) is 51.3 cm³/mol. The summed E-state index contributed by atoms with van der Waals surface area (Å²) in [5, 5.41) is 0. The summed E-state index contributed by atoms with van der Waals surface area (Å²) in [6.07, 6.45) is 0.371. The van der Waals surface area contributed by atoms with Crippen molar-refractivity contribution >= 4 is 0 Å². The van der Waals surface area contributed by atoms with E-state index in [9.17, 15) is 0 Å². The Hall–Kier alpha value is -0.0800. The molecule has 2 atom stereocenters. The van der Waals surface area contributed by atoms with Gasteiger partial charge in [0.1, 0.15) is 0 Å². The third kappa shape index (κ3) is 1.99. The summed E-state index contributed by atoms with van der Waals surface area (Å²) in [4.78, 5) is 2.36. The first-order chi connectivity index (χ1) is 5.44. The van der Waals surface area contributed by atoms with Crippen molar-refractivity contribution in [2.24, 2.45) is 5.92 Å². The number of hydrogen-bond acceptors (Lipinski definition) is 2. The highest BCUT2D eigenvalue weighted by Crippen LogP contribution is 2.27. The molecule has 1 fully saturated rings. The van der Waals surface area contributed by atoms with Crippen LogP contribution in [0.1, 0.15) is 27.7 Å². The molecule has 12 heavy (non-hydrogen) atoms. The van der Waals surface area contributed by atoms with Crippen LogP contribution in [0.4, 0.5) is 0 Å². The highest BCUT2D eigenvalue weighted by atomic mass is 16.5. The van der Waals surface area contributed by atoms with Crippen LogP contribution in [0, 0.1) is 5.92 Å². The van der Waals surface area contributed by atoms with Crippen molar-refractivity contribution < 1.29 is 4.74 Å². The normalized spacial score (nSPS) is 39.0. The maximum absolute atomic E-state index is 5.96. The second-order valence-electron chi connectivity index (χ2n) is 4.59. The molecule has 0 radical (unpaired) electrons. The van der Waals surface area contributed by atoms with Crippen molar-refractivity contribution in [3.05, 3.63) is 0 Å². The molecule has 0 amide bonds. The Labute approximate surface area is 75.9 Å². The summed E-state index contributed by atoms with van der Waals surface area (Å²) < 4.78 is 5.96. The van der Waals surface area contributed by atoms with Crippen LogP contribution >= 0.6 is 0 Å². The Kier molecular flexibility index (Phi) is 2.79. The fourth-order valence-electron chi connectivity index (χ4n) is 1.89. The third-order valence-electron chi connectivity index (χ3n) is 2.84. The number of rotatable bonds is 1. The first-order valence-corrected chi connectivity index (χ1v) is 4.80. The van der Waals surface area contributed by atoms with E-state index in [2.05, 4.69) is 39.6 Å². The molecule has 1 aliphatic rings. The van der Waals surface area contributed by atoms with E-state index >= 15 is 0 Å². The Balaban J connectivity index is 2.65. The van der Waals surface area contributed by atoms with Crippen molar-refractivity contribution in [1.29, 1.82) is 0 Å². The number of likely N-dealkylation sites (N-methyl/N-ethyl adjacent to an activating group) is 1. The summed E-state index contributed by atoms with van der Waals surface area (Å²) in [5.74, 6) is 0.586. The monoisotopic (exact) mass is 171 g/mol. The third-order valence-corrected chi connectivity index (χ3v) is 2.84. The van der Waals surface area contributed by atoms with E-state index in [1.165, 1.54) is 0 Å². The Morgan fingerprint density at radius 3 is 2.50 bits per heavy atom. The lowest BCUT2D eigenvalue weighted by molar-refractivity contribution is -0.155. The van der Waals surface area contributed by atoms with Gasteiger partial charge in [-0.1, -0.05) is 13.8 Å². The molecule has 1 heterocycles. The zero-order valence-electron chi connectivity index (χ0n) is 8.92. The Morgan fingerprint density at radius 2 is 2.08 bits per heavy atom. The van der Waals surface area contributed by atoms with E-state index in [0.717, 1.165) is 13.1 Å². The van der Waals surface area contributed by atoms with Gasteiger partial charge >= 0.3 is 0 Å². The van der Waals surface area contributed by atoms with Gasteiger partial charge in [0, 0.05) is 13.1 Å². The highest BCUT2D eigenvalue weighted by Gasteiger charge is 2.36. The van der Waals surface area contributed by atoms with Crippen molar-refractivity contribution in [3.8, 4) is 0 Å². The van der Waals surface area contributed by atoms with Crippen molar-refractivity contribution in [2.75, 3.05) is 20.1 Å². The van der Waals surface area contributed by atoms with Gasteiger partial charge in [-0.2, -0.15) is 0 Å². The minimum Gasteiger partial charge on any atom is -0.369 e. The fourth-order valence-corrected chi connectivity index (χ4v) is 1.89. The van der Waals surface area contributed by atoms with Crippen LogP contribution in [-0.2, 0) is 4.74 Å². The van der Waals surface area contributed by atoms with Gasteiger partial charge in [0.2, 0.25) is 0 Å². The van der Waals surface area contributed by atoms with Gasteiger partial charge in [-0.25, -0.2) is 0 Å². The molecule has 2 unspecified atom stereocenters. The molecule has 0 aliphatic carbocycles. The summed E-state index contributed by atoms with van der Waals surface area (Å²) >= 11 is 0. The van der Waals surface area contributed by atoms with Gasteiger partial charge in [-0.15, -0.1) is 0 Å². The summed E-state index contributed by atoms with van der Waals surface area (Å²) in [6.45, 7) is 10.9. The molecule has 1 saturated heterocycles. The first-order valence-electron chi connectivity index (χ1n) is 4.80. The molecule has 0 aromatic heterocycles. The SMILES string of the molecule is CC1CN(C)CC(C)(C(C)C)O1. The van der Waals surface area contributed by atoms with Crippen LogP contribution in [0.2, 0.25) is 0 Å². The van der Waals surface area contributed by atoms with Crippen LogP contribution < -0.4 is 0 Å². The summed E-state index contributed by atoms with van der Waals surface area (Å²) in [5.41, 5.74) is 0.0480. The van der Waals surface area contributed by atoms with E-state index in [1.807, 2.05) is 0 Å². The number of morpholine rings is 1. The van der Waals surface area contributed by atoms with Crippen molar-refractivity contribution in [1.82, 2.24) is 4.90 Å². The number of hydrogen-bond donors (Lipinski definition) is 0.